The molecule has 0 aliphatic carbocycles. The molecule has 1 aromatic carbocycles. The summed E-state index contributed by atoms with van der Waals surface area (Å²) < 4.78 is 55.1. The van der Waals surface area contributed by atoms with Crippen molar-refractivity contribution in [2.45, 2.75) is 12.8 Å². The lowest BCUT2D eigenvalue weighted by molar-refractivity contribution is -0.274. The number of anilines is 3. The summed E-state index contributed by atoms with van der Waals surface area (Å²) in [7, 11) is 0. The lowest BCUT2D eigenvalue weighted by Gasteiger charge is -2.22. The average Bonchev–Trinajstić information content (AvgIpc) is 2.94. The molecule has 4 rings (SSSR count). The molecule has 3 heterocycles. The third-order valence-corrected chi connectivity index (χ3v) is 4.57. The van der Waals surface area contributed by atoms with Gasteiger partial charge in [0.05, 0.1) is 11.4 Å². The molecule has 0 unspecified atom stereocenters. The van der Waals surface area contributed by atoms with E-state index in [-0.39, 0.29) is 17.4 Å². The summed E-state index contributed by atoms with van der Waals surface area (Å²) in [6, 6.07) is 10.4. The molecular formula is C21H17F4N5O2. The van der Waals surface area contributed by atoms with Gasteiger partial charge in [-0.2, -0.15) is 0 Å². The van der Waals surface area contributed by atoms with Crippen LogP contribution in [0.15, 0.2) is 54.7 Å². The van der Waals surface area contributed by atoms with Crippen LogP contribution >= 0.6 is 0 Å². The van der Waals surface area contributed by atoms with Crippen molar-refractivity contribution in [1.29, 1.82) is 0 Å². The molecule has 0 fully saturated rings. The lowest BCUT2D eigenvalue weighted by Crippen LogP contribution is -2.36. The van der Waals surface area contributed by atoms with Gasteiger partial charge in [0.25, 0.3) is 0 Å². The van der Waals surface area contributed by atoms with E-state index in [1.165, 1.54) is 29.3 Å². The van der Waals surface area contributed by atoms with Crippen molar-refractivity contribution in [3.05, 3.63) is 60.5 Å². The Hall–Kier alpha value is -3.89. The number of ether oxygens (including phenoxy) is 1. The Morgan fingerprint density at radius 3 is 2.78 bits per heavy atom. The van der Waals surface area contributed by atoms with Gasteiger partial charge in [-0.05, 0) is 36.8 Å². The topological polar surface area (TPSA) is 79.4 Å². The molecule has 0 saturated heterocycles. The standard InChI is InChI=1S/C21H17F4N5O2/c22-14-7-9-27-18(12-14)29-20(31)30-10-2-8-26-17-6-5-16(28-19(17)30)13-3-1-4-15(11-13)32-21(23,24)25/h1,3-7,9,11-12,26H,2,8,10H2,(H,27,29,31). The van der Waals surface area contributed by atoms with E-state index >= 15 is 0 Å². The summed E-state index contributed by atoms with van der Waals surface area (Å²) in [5.41, 5.74) is 1.31. The number of hydrogen-bond donors (Lipinski definition) is 2. The van der Waals surface area contributed by atoms with Gasteiger partial charge in [-0.3, -0.25) is 10.2 Å². The van der Waals surface area contributed by atoms with Gasteiger partial charge in [-0.1, -0.05) is 12.1 Å². The fourth-order valence-electron chi connectivity index (χ4n) is 3.22. The summed E-state index contributed by atoms with van der Waals surface area (Å²) in [6.07, 6.45) is -2.97. The molecule has 166 valence electrons. The van der Waals surface area contributed by atoms with Crippen molar-refractivity contribution in [3.63, 3.8) is 0 Å². The van der Waals surface area contributed by atoms with Crippen LogP contribution in [0.25, 0.3) is 11.3 Å². The van der Waals surface area contributed by atoms with E-state index in [1.807, 2.05) is 0 Å². The number of nitrogens with one attached hydrogen (secondary N) is 2. The molecule has 0 atom stereocenters. The number of aromatic nitrogens is 2. The summed E-state index contributed by atoms with van der Waals surface area (Å²) in [6.45, 7) is 0.903. The Morgan fingerprint density at radius 1 is 1.16 bits per heavy atom. The molecule has 32 heavy (non-hydrogen) atoms. The second-order valence-corrected chi connectivity index (χ2v) is 6.86. The van der Waals surface area contributed by atoms with Crippen LogP contribution in [-0.4, -0.2) is 35.5 Å². The minimum atomic E-state index is -4.82. The Morgan fingerprint density at radius 2 is 2.00 bits per heavy atom. The van der Waals surface area contributed by atoms with Gasteiger partial charge in [0, 0.05) is 30.9 Å². The molecule has 7 nitrogen and oxygen atoms in total. The van der Waals surface area contributed by atoms with Crippen LogP contribution in [0.3, 0.4) is 0 Å². The predicted molar refractivity (Wildman–Crippen MR) is 110 cm³/mol. The predicted octanol–water partition coefficient (Wildman–Crippen LogP) is 5.04. The number of alkyl halides is 3. The molecule has 2 aromatic heterocycles. The fourth-order valence-corrected chi connectivity index (χ4v) is 3.22. The van der Waals surface area contributed by atoms with Crippen molar-refractivity contribution in [2.75, 3.05) is 28.6 Å². The monoisotopic (exact) mass is 447 g/mol. The summed E-state index contributed by atoms with van der Waals surface area (Å²) in [4.78, 5) is 22.7. The van der Waals surface area contributed by atoms with Crippen molar-refractivity contribution in [3.8, 4) is 17.0 Å². The number of carbonyl (C=O) groups is 1. The maximum atomic E-state index is 13.4. The molecule has 0 bridgehead atoms. The van der Waals surface area contributed by atoms with E-state index in [0.29, 0.717) is 36.5 Å². The van der Waals surface area contributed by atoms with Crippen molar-refractivity contribution < 1.29 is 27.1 Å². The minimum Gasteiger partial charge on any atom is -0.406 e. The van der Waals surface area contributed by atoms with Gasteiger partial charge in [0.15, 0.2) is 5.82 Å². The van der Waals surface area contributed by atoms with E-state index in [4.69, 9.17) is 0 Å². The van der Waals surface area contributed by atoms with E-state index in [2.05, 4.69) is 25.3 Å². The third-order valence-electron chi connectivity index (χ3n) is 4.57. The van der Waals surface area contributed by atoms with Gasteiger partial charge >= 0.3 is 12.4 Å². The van der Waals surface area contributed by atoms with Crippen LogP contribution < -0.4 is 20.3 Å². The molecule has 3 aromatic rings. The Labute approximate surface area is 180 Å². The van der Waals surface area contributed by atoms with Gasteiger partial charge in [0.2, 0.25) is 0 Å². The highest BCUT2D eigenvalue weighted by atomic mass is 19.4. The zero-order valence-electron chi connectivity index (χ0n) is 16.5. The molecule has 0 radical (unpaired) electrons. The summed E-state index contributed by atoms with van der Waals surface area (Å²) >= 11 is 0. The SMILES string of the molecule is O=C(Nc1cc(F)ccn1)N1CCCNc2ccc(-c3cccc(OC(F)(F)F)c3)nc21. The first-order valence-electron chi connectivity index (χ1n) is 9.60. The second kappa shape index (κ2) is 8.69. The number of urea groups is 1. The van der Waals surface area contributed by atoms with Gasteiger partial charge in [0.1, 0.15) is 17.4 Å². The number of carbonyl (C=O) groups excluding carboxylic acids is 1. The Kier molecular flexibility index (Phi) is 5.80. The third kappa shape index (κ3) is 5.05. The average molecular weight is 447 g/mol. The zero-order valence-corrected chi connectivity index (χ0v) is 16.5. The molecule has 1 aliphatic heterocycles. The van der Waals surface area contributed by atoms with Gasteiger partial charge in [-0.25, -0.2) is 19.2 Å². The van der Waals surface area contributed by atoms with Crippen molar-refractivity contribution in [2.24, 2.45) is 0 Å². The number of benzene rings is 1. The van der Waals surface area contributed by atoms with Crippen LogP contribution in [0.1, 0.15) is 6.42 Å². The highest BCUT2D eigenvalue weighted by Gasteiger charge is 2.31. The smallest absolute Gasteiger partial charge is 0.406 e. The summed E-state index contributed by atoms with van der Waals surface area (Å²) in [5.74, 6) is -0.593. The zero-order chi connectivity index (χ0) is 22.7. The largest absolute Gasteiger partial charge is 0.573 e. The van der Waals surface area contributed by atoms with Crippen LogP contribution in [-0.2, 0) is 0 Å². The molecule has 0 spiro atoms. The number of rotatable bonds is 3. The highest BCUT2D eigenvalue weighted by molar-refractivity contribution is 6.02. The number of pyridine rings is 2. The van der Waals surface area contributed by atoms with Gasteiger partial charge in [-0.15, -0.1) is 13.2 Å². The van der Waals surface area contributed by atoms with E-state index < -0.39 is 18.2 Å². The fraction of sp³-hybridized carbons (Fsp3) is 0.190. The molecule has 2 amide bonds. The van der Waals surface area contributed by atoms with Crippen LogP contribution in [0.2, 0.25) is 0 Å². The van der Waals surface area contributed by atoms with Crippen molar-refractivity contribution >= 4 is 23.4 Å². The van der Waals surface area contributed by atoms with E-state index in [9.17, 15) is 22.4 Å². The molecule has 11 heteroatoms. The second-order valence-electron chi connectivity index (χ2n) is 6.86. The molecular weight excluding hydrogens is 430 g/mol. The number of hydrogen-bond acceptors (Lipinski definition) is 5. The first-order valence-corrected chi connectivity index (χ1v) is 9.60. The first kappa shape index (κ1) is 21.3. The molecule has 2 N–H and O–H groups in total. The van der Waals surface area contributed by atoms with E-state index in [1.54, 1.807) is 18.2 Å². The number of halogens is 4. The normalized spacial score (nSPS) is 13.6. The minimum absolute atomic E-state index is 0.0434. The van der Waals surface area contributed by atoms with E-state index in [0.717, 1.165) is 12.1 Å². The Bertz CT molecular complexity index is 1140. The van der Waals surface area contributed by atoms with Crippen LogP contribution in [0.5, 0.6) is 5.75 Å². The van der Waals surface area contributed by atoms with Crippen LogP contribution in [0.4, 0.5) is 39.7 Å². The van der Waals surface area contributed by atoms with Crippen LogP contribution in [0, 0.1) is 5.82 Å². The summed E-state index contributed by atoms with van der Waals surface area (Å²) in [5, 5.41) is 5.71. The quantitative estimate of drug-likeness (QED) is 0.551. The highest BCUT2D eigenvalue weighted by Crippen LogP contribution is 2.32. The maximum absolute atomic E-state index is 13.4. The number of nitrogens with zero attached hydrogens (tertiary/aromatic N) is 3. The van der Waals surface area contributed by atoms with Gasteiger partial charge < -0.3 is 10.1 Å². The maximum Gasteiger partial charge on any atom is 0.573 e. The number of amides is 2. The number of fused-ring (bicyclic) bond motifs is 1. The van der Waals surface area contributed by atoms with Crippen molar-refractivity contribution in [1.82, 2.24) is 9.97 Å². The first-order chi connectivity index (χ1) is 15.3. The molecule has 1 aliphatic rings. The lowest BCUT2D eigenvalue weighted by atomic mass is 10.1. The molecule has 0 saturated carbocycles. The Balaban J connectivity index is 1.65.